The minimum atomic E-state index is 0.588. The molecule has 1 fully saturated rings. The average Bonchev–Trinajstić information content (AvgIpc) is 2.88. The van der Waals surface area contributed by atoms with E-state index >= 15 is 0 Å². The molecule has 0 amide bonds. The van der Waals surface area contributed by atoms with Crippen LogP contribution in [0, 0.1) is 5.92 Å². The normalized spacial score (nSPS) is 21.1. The molecule has 0 saturated carbocycles. The second kappa shape index (κ2) is 5.73. The Hall–Kier alpha value is -0.710. The van der Waals surface area contributed by atoms with Crippen LogP contribution in [0.3, 0.4) is 0 Å². The van der Waals surface area contributed by atoms with Crippen LogP contribution < -0.4 is 0 Å². The van der Waals surface area contributed by atoms with Crippen molar-refractivity contribution in [2.75, 3.05) is 13.1 Å². The van der Waals surface area contributed by atoms with Crippen LogP contribution in [0.5, 0.6) is 0 Å². The zero-order valence-corrected chi connectivity index (χ0v) is 12.7. The van der Waals surface area contributed by atoms with Gasteiger partial charge in [-0.05, 0) is 36.8 Å². The highest BCUT2D eigenvalue weighted by atomic mass is 35.5. The van der Waals surface area contributed by atoms with E-state index in [1.807, 2.05) is 11.4 Å². The molecular weight excluding hydrogens is 278 g/mol. The van der Waals surface area contributed by atoms with Crippen LogP contribution in [0.1, 0.15) is 32.0 Å². The lowest BCUT2D eigenvalue weighted by molar-refractivity contribution is 0.161. The summed E-state index contributed by atoms with van der Waals surface area (Å²) in [6.45, 7) is 5.42. The third-order valence-electron chi connectivity index (χ3n) is 3.87. The lowest BCUT2D eigenvalue weighted by atomic mass is 9.96. The Morgan fingerprint density at radius 2 is 2.37 bits per heavy atom. The van der Waals surface area contributed by atoms with E-state index in [9.17, 15) is 0 Å². The van der Waals surface area contributed by atoms with E-state index in [-0.39, 0.29) is 0 Å². The fourth-order valence-corrected chi connectivity index (χ4v) is 3.85. The molecular formula is C14H18ClN3S. The smallest absolute Gasteiger partial charge is 0.145 e. The number of hydrogen-bond donors (Lipinski definition) is 0. The fraction of sp³-hybridized carbons (Fsp3) is 0.571. The maximum Gasteiger partial charge on any atom is 0.145 e. The molecule has 2 aromatic heterocycles. The molecule has 1 atom stereocenters. The highest BCUT2D eigenvalue weighted by Crippen LogP contribution is 2.26. The molecule has 3 nitrogen and oxygen atoms in total. The number of halogens is 1. The Morgan fingerprint density at radius 3 is 3.21 bits per heavy atom. The first-order valence-electron chi connectivity index (χ1n) is 6.88. The monoisotopic (exact) mass is 295 g/mol. The van der Waals surface area contributed by atoms with Crippen molar-refractivity contribution >= 4 is 33.2 Å². The third kappa shape index (κ3) is 2.91. The van der Waals surface area contributed by atoms with E-state index < -0.39 is 0 Å². The molecule has 1 aliphatic heterocycles. The van der Waals surface area contributed by atoms with Gasteiger partial charge < -0.3 is 0 Å². The van der Waals surface area contributed by atoms with Crippen molar-refractivity contribution in [3.63, 3.8) is 0 Å². The van der Waals surface area contributed by atoms with Crippen molar-refractivity contribution in [2.24, 2.45) is 5.92 Å². The number of piperidine rings is 1. The van der Waals surface area contributed by atoms with Gasteiger partial charge in [0, 0.05) is 11.9 Å². The molecule has 102 valence electrons. The minimum Gasteiger partial charge on any atom is -0.296 e. The van der Waals surface area contributed by atoms with E-state index in [4.69, 9.17) is 11.6 Å². The van der Waals surface area contributed by atoms with Gasteiger partial charge in [-0.25, -0.2) is 9.97 Å². The van der Waals surface area contributed by atoms with E-state index in [1.54, 1.807) is 11.3 Å². The van der Waals surface area contributed by atoms with Crippen molar-refractivity contribution in [1.82, 2.24) is 14.9 Å². The fourth-order valence-electron chi connectivity index (χ4n) is 2.76. The molecule has 1 aliphatic rings. The zero-order valence-electron chi connectivity index (χ0n) is 11.1. The minimum absolute atomic E-state index is 0.588. The van der Waals surface area contributed by atoms with Gasteiger partial charge in [0.25, 0.3) is 0 Å². The number of thiophene rings is 1. The summed E-state index contributed by atoms with van der Waals surface area (Å²) in [7, 11) is 0. The Bertz CT molecular complexity index is 569. The van der Waals surface area contributed by atoms with Crippen molar-refractivity contribution < 1.29 is 0 Å². The van der Waals surface area contributed by atoms with Crippen LogP contribution in [0.25, 0.3) is 10.2 Å². The molecule has 2 aromatic rings. The number of aromatic nitrogens is 2. The summed E-state index contributed by atoms with van der Waals surface area (Å²) in [5.74, 6) is 1.69. The van der Waals surface area contributed by atoms with Gasteiger partial charge in [0.15, 0.2) is 0 Å². The molecule has 5 heteroatoms. The first kappa shape index (κ1) is 13.3. The highest BCUT2D eigenvalue weighted by Gasteiger charge is 2.19. The number of likely N-dealkylation sites (tertiary alicyclic amines) is 1. The predicted molar refractivity (Wildman–Crippen MR) is 80.7 cm³/mol. The van der Waals surface area contributed by atoms with Gasteiger partial charge >= 0.3 is 0 Å². The Kier molecular flexibility index (Phi) is 4.01. The van der Waals surface area contributed by atoms with Crippen molar-refractivity contribution in [2.45, 2.75) is 32.7 Å². The maximum absolute atomic E-state index is 6.21. The van der Waals surface area contributed by atoms with Gasteiger partial charge in [-0.2, -0.15) is 0 Å². The molecule has 3 rings (SSSR count). The number of rotatable bonds is 3. The van der Waals surface area contributed by atoms with Crippen LogP contribution in [-0.4, -0.2) is 28.0 Å². The summed E-state index contributed by atoms with van der Waals surface area (Å²) >= 11 is 7.84. The first-order chi connectivity index (χ1) is 9.26. The lowest BCUT2D eigenvalue weighted by Crippen LogP contribution is -2.35. The van der Waals surface area contributed by atoms with Crippen LogP contribution in [0.15, 0.2) is 11.4 Å². The quantitative estimate of drug-likeness (QED) is 0.803. The molecule has 0 bridgehead atoms. The van der Waals surface area contributed by atoms with Gasteiger partial charge in [-0.1, -0.05) is 24.9 Å². The average molecular weight is 296 g/mol. The van der Waals surface area contributed by atoms with E-state index in [0.29, 0.717) is 5.15 Å². The zero-order chi connectivity index (χ0) is 13.2. The van der Waals surface area contributed by atoms with Gasteiger partial charge in [-0.15, -0.1) is 11.3 Å². The van der Waals surface area contributed by atoms with E-state index in [0.717, 1.165) is 35.0 Å². The maximum atomic E-state index is 6.21. The van der Waals surface area contributed by atoms with E-state index in [2.05, 4.69) is 21.8 Å². The molecule has 19 heavy (non-hydrogen) atoms. The summed E-state index contributed by atoms with van der Waals surface area (Å²) in [5, 5.41) is 3.58. The lowest BCUT2D eigenvalue weighted by Gasteiger charge is -2.31. The van der Waals surface area contributed by atoms with Crippen LogP contribution in [0.4, 0.5) is 0 Å². The Balaban J connectivity index is 1.77. The molecule has 0 spiro atoms. The molecule has 1 saturated heterocycles. The molecule has 3 heterocycles. The highest BCUT2D eigenvalue weighted by molar-refractivity contribution is 7.16. The second-order valence-corrected chi connectivity index (χ2v) is 6.47. The summed E-state index contributed by atoms with van der Waals surface area (Å²) in [5.41, 5.74) is 0. The predicted octanol–water partition coefficient (Wildman–Crippen LogP) is 3.97. The molecule has 0 aromatic carbocycles. The first-order valence-corrected chi connectivity index (χ1v) is 8.14. The SMILES string of the molecule is CCC1CCCN(Cc2nc(Cl)c3ccsc3n2)C1. The van der Waals surface area contributed by atoms with Gasteiger partial charge in [0.2, 0.25) is 0 Å². The summed E-state index contributed by atoms with van der Waals surface area (Å²) in [6, 6.07) is 1.99. The van der Waals surface area contributed by atoms with Gasteiger partial charge in [-0.3, -0.25) is 4.90 Å². The largest absolute Gasteiger partial charge is 0.296 e. The summed E-state index contributed by atoms with van der Waals surface area (Å²) < 4.78 is 0. The molecule has 1 unspecified atom stereocenters. The number of fused-ring (bicyclic) bond motifs is 1. The number of hydrogen-bond acceptors (Lipinski definition) is 4. The van der Waals surface area contributed by atoms with Crippen molar-refractivity contribution in [1.29, 1.82) is 0 Å². The molecule has 0 radical (unpaired) electrons. The molecule has 0 N–H and O–H groups in total. The second-order valence-electron chi connectivity index (χ2n) is 5.22. The van der Waals surface area contributed by atoms with Crippen molar-refractivity contribution in [3.05, 3.63) is 22.4 Å². The van der Waals surface area contributed by atoms with Crippen LogP contribution in [0.2, 0.25) is 5.15 Å². The topological polar surface area (TPSA) is 29.0 Å². The summed E-state index contributed by atoms with van der Waals surface area (Å²) in [6.07, 6.45) is 3.91. The van der Waals surface area contributed by atoms with Gasteiger partial charge in [0.1, 0.15) is 15.8 Å². The van der Waals surface area contributed by atoms with Crippen LogP contribution in [-0.2, 0) is 6.54 Å². The van der Waals surface area contributed by atoms with Crippen LogP contribution >= 0.6 is 22.9 Å². The van der Waals surface area contributed by atoms with Crippen molar-refractivity contribution in [3.8, 4) is 0 Å². The summed E-state index contributed by atoms with van der Waals surface area (Å²) in [4.78, 5) is 12.5. The Labute approximate surface area is 122 Å². The standard InChI is InChI=1S/C14H18ClN3S/c1-2-10-4-3-6-18(8-10)9-12-16-13(15)11-5-7-19-14(11)17-12/h5,7,10H,2-4,6,8-9H2,1H3. The Morgan fingerprint density at radius 1 is 1.47 bits per heavy atom. The molecule has 0 aliphatic carbocycles. The van der Waals surface area contributed by atoms with E-state index in [1.165, 1.54) is 25.8 Å². The third-order valence-corrected chi connectivity index (χ3v) is 4.97. The van der Waals surface area contributed by atoms with Gasteiger partial charge in [0.05, 0.1) is 6.54 Å². The number of nitrogens with zero attached hydrogens (tertiary/aromatic N) is 3.